The van der Waals surface area contributed by atoms with E-state index in [9.17, 15) is 9.59 Å². The summed E-state index contributed by atoms with van der Waals surface area (Å²) in [4.78, 5) is 25.2. The highest BCUT2D eigenvalue weighted by Crippen LogP contribution is 2.62. The topological polar surface area (TPSA) is 65.7 Å². The molecule has 5 rings (SSSR count). The molecule has 1 spiro atoms. The first kappa shape index (κ1) is 14.3. The number of rotatable bonds is 1. The van der Waals surface area contributed by atoms with E-state index in [4.69, 9.17) is 13.9 Å². The molecule has 2 aliphatic heterocycles. The van der Waals surface area contributed by atoms with Gasteiger partial charge in [-0.05, 0) is 49.3 Å². The summed E-state index contributed by atoms with van der Waals surface area (Å²) in [6, 6.07) is 3.68. The highest BCUT2D eigenvalue weighted by Gasteiger charge is 2.64. The monoisotopic (exact) mass is 328 g/mol. The maximum Gasteiger partial charge on any atom is 0.334 e. The number of carbonyl (C=O) groups excluding carboxylic acids is 2. The predicted octanol–water partition coefficient (Wildman–Crippen LogP) is 3.32. The van der Waals surface area contributed by atoms with Crippen LogP contribution in [0.5, 0.6) is 0 Å². The van der Waals surface area contributed by atoms with Gasteiger partial charge in [0.05, 0.1) is 11.7 Å². The first-order chi connectivity index (χ1) is 11.6. The molecule has 0 N–H and O–H groups in total. The van der Waals surface area contributed by atoms with Crippen molar-refractivity contribution in [2.24, 2.45) is 17.3 Å². The van der Waals surface area contributed by atoms with Crippen molar-refractivity contribution >= 4 is 11.9 Å². The molecule has 2 fully saturated rings. The summed E-state index contributed by atoms with van der Waals surface area (Å²) in [7, 11) is 0. The molecule has 0 amide bonds. The number of fused-ring (bicyclic) bond motifs is 1. The summed E-state index contributed by atoms with van der Waals surface area (Å²) >= 11 is 0. The molecule has 0 bridgehead atoms. The lowest BCUT2D eigenvalue weighted by Gasteiger charge is -2.47. The third kappa shape index (κ3) is 1.65. The lowest BCUT2D eigenvalue weighted by atomic mass is 9.54. The van der Waals surface area contributed by atoms with Crippen molar-refractivity contribution in [1.29, 1.82) is 0 Å². The SMILES string of the molecule is C[C@@H]1C[C@H]2OC(=O)C3=C2[C@H](CCC3)[C@@]12C[C@@H](c1ccco1)OC2=O. The van der Waals surface area contributed by atoms with Gasteiger partial charge in [0.2, 0.25) is 0 Å². The molecule has 1 aromatic heterocycles. The second kappa shape index (κ2) is 4.74. The summed E-state index contributed by atoms with van der Waals surface area (Å²) in [5.74, 6) is 0.590. The van der Waals surface area contributed by atoms with Gasteiger partial charge in [0, 0.05) is 17.9 Å². The lowest BCUT2D eigenvalue weighted by molar-refractivity contribution is -0.157. The fourth-order valence-corrected chi connectivity index (χ4v) is 5.47. The molecule has 4 aliphatic rings. The van der Waals surface area contributed by atoms with Crippen LogP contribution in [0, 0.1) is 17.3 Å². The number of esters is 2. The Morgan fingerprint density at radius 1 is 1.21 bits per heavy atom. The van der Waals surface area contributed by atoms with Crippen LogP contribution in [0.1, 0.15) is 50.9 Å². The maximum absolute atomic E-state index is 13.0. The van der Waals surface area contributed by atoms with Crippen molar-refractivity contribution < 1.29 is 23.5 Å². The average Bonchev–Trinajstić information content (AvgIpc) is 3.26. The van der Waals surface area contributed by atoms with Gasteiger partial charge in [-0.3, -0.25) is 4.79 Å². The number of ether oxygens (including phenoxy) is 2. The maximum atomic E-state index is 13.0. The molecular weight excluding hydrogens is 308 g/mol. The van der Waals surface area contributed by atoms with E-state index in [2.05, 4.69) is 6.92 Å². The summed E-state index contributed by atoms with van der Waals surface area (Å²) in [6.45, 7) is 2.10. The zero-order chi connectivity index (χ0) is 16.5. The van der Waals surface area contributed by atoms with E-state index < -0.39 is 5.41 Å². The Morgan fingerprint density at radius 2 is 2.08 bits per heavy atom. The predicted molar refractivity (Wildman–Crippen MR) is 82.6 cm³/mol. The Kier molecular flexibility index (Phi) is 2.83. The van der Waals surface area contributed by atoms with Crippen LogP contribution in [0.15, 0.2) is 34.0 Å². The third-order valence-electron chi connectivity index (χ3n) is 6.57. The minimum absolute atomic E-state index is 0.0638. The van der Waals surface area contributed by atoms with Gasteiger partial charge in [0.1, 0.15) is 11.9 Å². The van der Waals surface area contributed by atoms with Crippen LogP contribution in [-0.4, -0.2) is 18.0 Å². The first-order valence-electron chi connectivity index (χ1n) is 8.79. The minimum Gasteiger partial charge on any atom is -0.465 e. The first-order valence-corrected chi connectivity index (χ1v) is 8.79. The molecule has 5 nitrogen and oxygen atoms in total. The molecule has 0 unspecified atom stereocenters. The van der Waals surface area contributed by atoms with Crippen molar-refractivity contribution in [3.05, 3.63) is 35.3 Å². The van der Waals surface area contributed by atoms with Crippen LogP contribution in [0.4, 0.5) is 0 Å². The number of furan rings is 1. The molecule has 1 saturated heterocycles. The molecular formula is C19H20O5. The van der Waals surface area contributed by atoms with Gasteiger partial charge in [-0.25, -0.2) is 4.79 Å². The lowest BCUT2D eigenvalue weighted by Crippen LogP contribution is -2.49. The number of hydrogen-bond acceptors (Lipinski definition) is 5. The van der Waals surface area contributed by atoms with Crippen molar-refractivity contribution in [2.45, 2.75) is 51.2 Å². The van der Waals surface area contributed by atoms with Crippen molar-refractivity contribution in [2.75, 3.05) is 0 Å². The third-order valence-corrected chi connectivity index (χ3v) is 6.57. The highest BCUT2D eigenvalue weighted by molar-refractivity contribution is 5.93. The van der Waals surface area contributed by atoms with Gasteiger partial charge in [0.15, 0.2) is 6.10 Å². The van der Waals surface area contributed by atoms with Gasteiger partial charge in [-0.1, -0.05) is 6.92 Å². The van der Waals surface area contributed by atoms with Gasteiger partial charge in [0.25, 0.3) is 0 Å². The van der Waals surface area contributed by atoms with Gasteiger partial charge < -0.3 is 13.9 Å². The van der Waals surface area contributed by atoms with E-state index in [1.54, 1.807) is 6.26 Å². The van der Waals surface area contributed by atoms with Crippen LogP contribution in [0.25, 0.3) is 0 Å². The smallest absolute Gasteiger partial charge is 0.334 e. The quantitative estimate of drug-likeness (QED) is 0.740. The van der Waals surface area contributed by atoms with E-state index in [1.807, 2.05) is 12.1 Å². The molecule has 24 heavy (non-hydrogen) atoms. The fraction of sp³-hybridized carbons (Fsp3) is 0.579. The number of cyclic esters (lactones) is 1. The molecule has 0 radical (unpaired) electrons. The zero-order valence-corrected chi connectivity index (χ0v) is 13.6. The second-order valence-corrected chi connectivity index (χ2v) is 7.56. The molecule has 1 saturated carbocycles. The Bertz CT molecular complexity index is 746. The van der Waals surface area contributed by atoms with Crippen LogP contribution in [0.2, 0.25) is 0 Å². The normalized spacial score (nSPS) is 40.7. The molecule has 2 aliphatic carbocycles. The van der Waals surface area contributed by atoms with E-state index in [0.717, 1.165) is 30.4 Å². The molecule has 1 aromatic rings. The van der Waals surface area contributed by atoms with Crippen LogP contribution < -0.4 is 0 Å². The highest BCUT2D eigenvalue weighted by atomic mass is 16.6. The number of carbonyl (C=O) groups is 2. The zero-order valence-electron chi connectivity index (χ0n) is 13.6. The van der Waals surface area contributed by atoms with Crippen molar-refractivity contribution in [3.8, 4) is 0 Å². The Balaban J connectivity index is 1.59. The Hall–Kier alpha value is -2.04. The van der Waals surface area contributed by atoms with E-state index in [1.165, 1.54) is 0 Å². The van der Waals surface area contributed by atoms with Crippen LogP contribution >= 0.6 is 0 Å². The number of hydrogen-bond donors (Lipinski definition) is 0. The molecule has 126 valence electrons. The van der Waals surface area contributed by atoms with Crippen LogP contribution in [-0.2, 0) is 19.1 Å². The van der Waals surface area contributed by atoms with E-state index >= 15 is 0 Å². The summed E-state index contributed by atoms with van der Waals surface area (Å²) < 4.78 is 16.8. The average molecular weight is 328 g/mol. The molecule has 3 heterocycles. The van der Waals surface area contributed by atoms with Gasteiger partial charge >= 0.3 is 11.9 Å². The van der Waals surface area contributed by atoms with Crippen molar-refractivity contribution in [1.82, 2.24) is 0 Å². The van der Waals surface area contributed by atoms with E-state index in [0.29, 0.717) is 18.6 Å². The summed E-state index contributed by atoms with van der Waals surface area (Å²) in [6.07, 6.45) is 5.13. The summed E-state index contributed by atoms with van der Waals surface area (Å²) in [5.41, 5.74) is 1.38. The Labute approximate surface area is 140 Å². The van der Waals surface area contributed by atoms with Crippen molar-refractivity contribution in [3.63, 3.8) is 0 Å². The standard InChI is InChI=1S/C19H20O5/c1-10-8-14-16-11(17(20)23-14)4-2-5-12(16)19(10)9-15(24-18(19)21)13-6-3-7-22-13/h3,6-7,10,12,14-15H,2,4-5,8-9H2,1H3/t10-,12+,14-,15+,19-/m1/s1. The molecule has 0 aromatic carbocycles. The summed E-state index contributed by atoms with van der Waals surface area (Å²) in [5, 5.41) is 0. The van der Waals surface area contributed by atoms with Crippen LogP contribution in [0.3, 0.4) is 0 Å². The Morgan fingerprint density at radius 3 is 2.88 bits per heavy atom. The van der Waals surface area contributed by atoms with Gasteiger partial charge in [-0.2, -0.15) is 0 Å². The fourth-order valence-electron chi connectivity index (χ4n) is 5.47. The van der Waals surface area contributed by atoms with Gasteiger partial charge in [-0.15, -0.1) is 0 Å². The van der Waals surface area contributed by atoms with E-state index in [-0.39, 0.29) is 36.0 Å². The molecule has 5 atom stereocenters. The minimum atomic E-state index is -0.553. The second-order valence-electron chi connectivity index (χ2n) is 7.56. The largest absolute Gasteiger partial charge is 0.465 e. The molecule has 5 heteroatoms.